The van der Waals surface area contributed by atoms with Crippen LogP contribution in [0.2, 0.25) is 0 Å². The van der Waals surface area contributed by atoms with Crippen LogP contribution >= 0.6 is 0 Å². The Bertz CT molecular complexity index is 3520. The second kappa shape index (κ2) is 33.3. The fourth-order valence-corrected chi connectivity index (χ4v) is 30.2. The summed E-state index contributed by atoms with van der Waals surface area (Å²) >= 11 is 0. The van der Waals surface area contributed by atoms with Gasteiger partial charge in [-0.15, -0.1) is 0 Å². The van der Waals surface area contributed by atoms with Crippen molar-refractivity contribution in [1.29, 1.82) is 0 Å². The minimum atomic E-state index is -0.336. The maximum atomic E-state index is 13.4. The van der Waals surface area contributed by atoms with Crippen molar-refractivity contribution in [2.24, 2.45) is 126 Å². The van der Waals surface area contributed by atoms with E-state index >= 15 is 0 Å². The van der Waals surface area contributed by atoms with Gasteiger partial charge >= 0.3 is 0 Å². The van der Waals surface area contributed by atoms with Crippen LogP contribution in [0.5, 0.6) is 0 Å². The molecule has 0 aromatic rings. The summed E-state index contributed by atoms with van der Waals surface area (Å²) in [6, 6.07) is 0.687. The van der Waals surface area contributed by atoms with Gasteiger partial charge in [0, 0.05) is 60.0 Å². The first kappa shape index (κ1) is 85.2. The molecule has 16 rings (SSSR count). The van der Waals surface area contributed by atoms with Gasteiger partial charge in [0.25, 0.3) is 0 Å². The number of ketones is 1. The molecular formula is C100H159N3O8. The van der Waals surface area contributed by atoms with Gasteiger partial charge in [0.15, 0.2) is 0 Å². The first-order valence-electron chi connectivity index (χ1n) is 46.5. The van der Waals surface area contributed by atoms with Crippen LogP contribution in [-0.4, -0.2) is 84.4 Å². The van der Waals surface area contributed by atoms with E-state index in [0.717, 1.165) is 105 Å². The van der Waals surface area contributed by atoms with Gasteiger partial charge in [-0.3, -0.25) is 19.2 Å². The third-order valence-electron chi connectivity index (χ3n) is 35.4. The highest BCUT2D eigenvalue weighted by atomic mass is 16.5. The van der Waals surface area contributed by atoms with Crippen LogP contribution in [0.4, 0.5) is 0 Å². The van der Waals surface area contributed by atoms with Crippen molar-refractivity contribution >= 4 is 23.5 Å². The Hall–Kier alpha value is -3.64. The summed E-state index contributed by atoms with van der Waals surface area (Å²) in [7, 11) is 0. The molecule has 1 unspecified atom stereocenters. The number of amides is 3. The zero-order valence-electron chi connectivity index (χ0n) is 73.8. The van der Waals surface area contributed by atoms with Crippen LogP contribution in [0.3, 0.4) is 0 Å². The molecule has 3 amide bonds. The third-order valence-corrected chi connectivity index (χ3v) is 35.4. The average molecular weight is 1530 g/mol. The molecule has 3 N–H and O–H groups in total. The van der Waals surface area contributed by atoms with E-state index in [1.807, 2.05) is 6.08 Å². The Morgan fingerprint density at radius 3 is 1.74 bits per heavy atom. The summed E-state index contributed by atoms with van der Waals surface area (Å²) in [5, 5.41) is 9.93. The maximum absolute atomic E-state index is 13.4. The predicted molar refractivity (Wildman–Crippen MR) is 452 cm³/mol. The first-order valence-corrected chi connectivity index (χ1v) is 46.5. The lowest BCUT2D eigenvalue weighted by Crippen LogP contribution is -2.59. The number of ether oxygens (including phenoxy) is 4. The predicted octanol–water partition coefficient (Wildman–Crippen LogP) is 23.0. The van der Waals surface area contributed by atoms with Crippen molar-refractivity contribution < 1.29 is 38.1 Å². The number of allylic oxidation sites excluding steroid dienone is 5. The van der Waals surface area contributed by atoms with E-state index < -0.39 is 0 Å². The second-order valence-corrected chi connectivity index (χ2v) is 44.3. The van der Waals surface area contributed by atoms with Crippen LogP contribution in [0, 0.1) is 126 Å². The molecule has 13 fully saturated rings. The highest BCUT2D eigenvalue weighted by Crippen LogP contribution is 2.69. The lowest BCUT2D eigenvalue weighted by molar-refractivity contribution is -0.150. The molecule has 0 aromatic carbocycles. The smallest absolute Gasteiger partial charge is 0.247 e. The minimum Gasteiger partial charge on any atom is -0.376 e. The van der Waals surface area contributed by atoms with E-state index in [-0.39, 0.29) is 75.1 Å². The van der Waals surface area contributed by atoms with Gasteiger partial charge in [0.05, 0.1) is 48.8 Å². The molecule has 0 radical (unpaired) electrons. The standard InChI is InChI=1S/C30H51NO2.C24H39NO2.C24H38O.C22H31NO3/c1-19(2)9-8-10-21(5)24-11-12-25-28-26(14-16-30(24,25)7)29(6)15-13-23(33-20(3)4)17-22(29)18-27(32)31-28;1-15(2)27-18-10-11-24(5)17(12-18)7-8-19-20-9-6-16(3)13-23(20,4)14-21(26)25-22(19)24;1-16(2)25-19-10-13-24(5)18(14-19)7-8-20-21-9-6-17(3)15-23(21,4)12-11-22(20)24;1-13(2)26-18-8-7-16-15-6-5-14-11-19(25)23-10-9-21(14,3)20(15)17(24)12-22(16,18)4/h18-21,23-26,28H,8-17H2,1-7H3,(H,31,32);15,17-20,22H,3,6-14H2,1-2,4-5H3,(H,25,26);7,16,19-22H,3,6,8-15H2,1-2,4-5H3;9-11,13,15-16,18,20H,5-8,12H2,1-4H3,(H,23,25)/t21?,23-,24+,25-,26-,28-,29-,30+;17-,18-,19-,20-,22-,23-,24-;19-,20-,21-,22-,23+,24-;15-,16-,18-,20+,21-,22-/m0000/s1. The number of carbonyl (C=O) groups is 4. The number of hydrogen-bond donors (Lipinski definition) is 3. The van der Waals surface area contributed by atoms with Crippen LogP contribution in [0.25, 0.3) is 0 Å². The highest BCUT2D eigenvalue weighted by molar-refractivity contribution is 5.91. The fraction of sp³-hybridized carbons (Fsp3) is 0.840. The summed E-state index contributed by atoms with van der Waals surface area (Å²) in [5.74, 6) is 10.0. The van der Waals surface area contributed by atoms with Crippen molar-refractivity contribution in [3.8, 4) is 0 Å². The molecule has 12 saturated carbocycles. The summed E-state index contributed by atoms with van der Waals surface area (Å²) < 4.78 is 24.8. The van der Waals surface area contributed by atoms with E-state index in [1.54, 1.807) is 17.8 Å². The zero-order valence-corrected chi connectivity index (χ0v) is 73.8. The molecule has 1 saturated heterocycles. The van der Waals surface area contributed by atoms with E-state index in [2.05, 4.69) is 173 Å². The number of hydrogen-bond acceptors (Lipinski definition) is 8. The molecule has 13 aliphatic carbocycles. The molecule has 11 heteroatoms. The van der Waals surface area contributed by atoms with Gasteiger partial charge in [0.1, 0.15) is 5.78 Å². The third kappa shape index (κ3) is 16.8. The van der Waals surface area contributed by atoms with Crippen molar-refractivity contribution in [1.82, 2.24) is 16.0 Å². The summed E-state index contributed by atoms with van der Waals surface area (Å²) in [4.78, 5) is 51.5. The molecule has 0 aromatic heterocycles. The molecule has 111 heavy (non-hydrogen) atoms. The van der Waals surface area contributed by atoms with E-state index in [1.165, 1.54) is 152 Å². The summed E-state index contributed by atoms with van der Waals surface area (Å²) in [6.45, 7) is 52.4. The molecule has 11 nitrogen and oxygen atoms in total. The van der Waals surface area contributed by atoms with E-state index in [9.17, 15) is 19.2 Å². The molecule has 16 aliphatic rings. The van der Waals surface area contributed by atoms with Crippen LogP contribution in [-0.2, 0) is 38.1 Å². The molecule has 622 valence electrons. The lowest BCUT2D eigenvalue weighted by atomic mass is 9.45. The monoisotopic (exact) mass is 1530 g/mol. The largest absolute Gasteiger partial charge is 0.376 e. The zero-order chi connectivity index (χ0) is 79.9. The molecular weight excluding hydrogens is 1370 g/mol. The van der Waals surface area contributed by atoms with Gasteiger partial charge < -0.3 is 34.9 Å². The Balaban J connectivity index is 0.000000131. The molecule has 3 heterocycles. The second-order valence-electron chi connectivity index (χ2n) is 44.3. The molecule has 0 bridgehead atoms. The number of Topliss-reactive ketones (excluding diaryl/α,β-unsaturated/α-hetero) is 1. The van der Waals surface area contributed by atoms with Crippen molar-refractivity contribution in [2.75, 3.05) is 0 Å². The van der Waals surface area contributed by atoms with Crippen molar-refractivity contribution in [3.05, 3.63) is 71.5 Å². The van der Waals surface area contributed by atoms with Crippen LogP contribution in [0.15, 0.2) is 71.5 Å². The van der Waals surface area contributed by atoms with Gasteiger partial charge in [-0.05, 0) is 345 Å². The Labute approximate surface area is 675 Å². The number of nitrogens with one attached hydrogen (secondary N) is 3. The van der Waals surface area contributed by atoms with Gasteiger partial charge in [-0.2, -0.15) is 0 Å². The maximum Gasteiger partial charge on any atom is 0.247 e. The molecule has 3 aliphatic heterocycles. The Kier molecular flexibility index (Phi) is 25.6. The van der Waals surface area contributed by atoms with E-state index in [0.29, 0.717) is 113 Å². The first-order chi connectivity index (χ1) is 52.3. The topological polar surface area (TPSA) is 141 Å². The van der Waals surface area contributed by atoms with Crippen molar-refractivity contribution in [3.63, 3.8) is 0 Å². The Morgan fingerprint density at radius 1 is 0.477 bits per heavy atom. The number of rotatable bonds is 13. The Morgan fingerprint density at radius 2 is 1.07 bits per heavy atom. The molecule has 27 atom stereocenters. The van der Waals surface area contributed by atoms with Crippen LogP contribution in [0.1, 0.15) is 343 Å². The quantitative estimate of drug-likeness (QED) is 0.155. The van der Waals surface area contributed by atoms with Gasteiger partial charge in [0.2, 0.25) is 17.7 Å². The van der Waals surface area contributed by atoms with E-state index in [4.69, 9.17) is 18.9 Å². The summed E-state index contributed by atoms with van der Waals surface area (Å²) in [6.07, 6.45) is 52.0. The van der Waals surface area contributed by atoms with Crippen molar-refractivity contribution in [2.45, 2.75) is 404 Å². The highest BCUT2D eigenvalue weighted by Gasteiger charge is 2.65. The fourth-order valence-electron chi connectivity index (χ4n) is 30.2. The average Bonchev–Trinajstić information content (AvgIpc) is 1.36. The normalized spacial score (nSPS) is 45.0. The lowest BCUT2D eigenvalue weighted by Gasteiger charge is -2.60. The van der Waals surface area contributed by atoms with Crippen LogP contribution < -0.4 is 16.0 Å². The van der Waals surface area contributed by atoms with Gasteiger partial charge in [-0.1, -0.05) is 149 Å². The number of fused-ring (bicyclic) bond motifs is 20. The van der Waals surface area contributed by atoms with Gasteiger partial charge in [-0.25, -0.2) is 0 Å². The SMILES string of the molecule is C=C1CC[C@H]2[C@@H]3CC=C4C[C@@H](OC(C)C)CC[C@]4(C)[C@H]3CC[C@]2(C)C1.C=C1CC[C@H]2[C@@H]3CC[C@H]4C[C@@H](OC(C)C)CC[C@]4(C)[C@H]3NC(=O)C[C@]2(C)C1.CC(C)CCCC(C)[C@H]1CC[C@H]2[C@@H]3NC(=O)C=C4C[C@@H](OC(C)C)CC[C@]4(C)[C@H]3CC[C@]12C.CC(C)O[C@H]1CC[C@H]2[C@@H]3CCC4=CC(=O)NC=C[C@]4(C)[C@H]3C(=O)C[C@]12C. The summed E-state index contributed by atoms with van der Waals surface area (Å²) in [5.41, 5.74) is 8.58. The minimum absolute atomic E-state index is 0.0117. The molecule has 0 spiro atoms. The number of carbonyl (C=O) groups excluding carboxylic acids is 4.